The van der Waals surface area contributed by atoms with Crippen LogP contribution in [0.3, 0.4) is 0 Å². The number of rotatable bonds is 2. The van der Waals surface area contributed by atoms with Gasteiger partial charge < -0.3 is 0 Å². The molecule has 1 aromatic heterocycles. The Morgan fingerprint density at radius 1 is 1.26 bits per heavy atom. The van der Waals surface area contributed by atoms with E-state index in [0.29, 0.717) is 12.1 Å². The summed E-state index contributed by atoms with van der Waals surface area (Å²) in [5.74, 6) is 0. The summed E-state index contributed by atoms with van der Waals surface area (Å²) < 4.78 is 1.05. The topological polar surface area (TPSA) is 16.1 Å². The number of nitrogens with zero attached hydrogens (tertiary/aromatic N) is 2. The highest BCUT2D eigenvalue weighted by molar-refractivity contribution is 9.11. The minimum Gasteiger partial charge on any atom is -0.288 e. The van der Waals surface area contributed by atoms with Gasteiger partial charge in [-0.15, -0.1) is 11.3 Å². The molecule has 2 bridgehead atoms. The van der Waals surface area contributed by atoms with E-state index in [1.54, 1.807) is 0 Å². The van der Waals surface area contributed by atoms with Gasteiger partial charge in [-0.1, -0.05) is 30.3 Å². The van der Waals surface area contributed by atoms with Gasteiger partial charge in [0.05, 0.1) is 5.69 Å². The lowest BCUT2D eigenvalue weighted by molar-refractivity contribution is 0.170. The fraction of sp³-hybridized carbons (Fsp3) is 0.400. The minimum atomic E-state index is 0.595. The molecule has 1 saturated heterocycles. The van der Waals surface area contributed by atoms with Crippen LogP contribution >= 0.6 is 27.3 Å². The number of hydrogen-bond donors (Lipinski definition) is 0. The second-order valence-electron chi connectivity index (χ2n) is 5.39. The van der Waals surface area contributed by atoms with Gasteiger partial charge in [0.2, 0.25) is 0 Å². The monoisotopic (exact) mass is 334 g/mol. The lowest BCUT2D eigenvalue weighted by Gasteiger charge is -2.33. The molecule has 4 rings (SSSR count). The molecule has 0 amide bonds. The lowest BCUT2D eigenvalue weighted by Crippen LogP contribution is -2.36. The molecule has 2 nitrogen and oxygen atoms in total. The van der Waals surface area contributed by atoms with Crippen molar-refractivity contribution in [3.63, 3.8) is 0 Å². The second kappa shape index (κ2) is 4.69. The molecular formula is C15H15BrN2S. The largest absolute Gasteiger partial charge is 0.288 e. The van der Waals surface area contributed by atoms with E-state index < -0.39 is 0 Å². The van der Waals surface area contributed by atoms with Gasteiger partial charge in [-0.05, 0) is 34.3 Å². The number of hydrogen-bond acceptors (Lipinski definition) is 3. The Bertz CT molecular complexity index is 595. The first-order valence-corrected chi connectivity index (χ1v) is 8.37. The van der Waals surface area contributed by atoms with Crippen molar-refractivity contribution in [1.82, 2.24) is 9.88 Å². The SMILES string of the molecule is Brc1nc2c(s1)C1CCC(C2)N1Cc1ccccc1. The number of fused-ring (bicyclic) bond motifs is 4. The first-order valence-electron chi connectivity index (χ1n) is 6.76. The Kier molecular flexibility index (Phi) is 2.98. The van der Waals surface area contributed by atoms with Gasteiger partial charge in [0.25, 0.3) is 0 Å². The Hall–Kier alpha value is -0.710. The summed E-state index contributed by atoms with van der Waals surface area (Å²) in [7, 11) is 0. The zero-order valence-electron chi connectivity index (χ0n) is 10.6. The zero-order valence-corrected chi connectivity index (χ0v) is 13.0. The highest BCUT2D eigenvalue weighted by Gasteiger charge is 2.41. The highest BCUT2D eigenvalue weighted by Crippen LogP contribution is 2.47. The Morgan fingerprint density at radius 2 is 2.11 bits per heavy atom. The number of benzene rings is 1. The average Bonchev–Trinajstić information content (AvgIpc) is 2.92. The molecule has 2 atom stereocenters. The Morgan fingerprint density at radius 3 is 2.95 bits per heavy atom. The molecule has 1 fully saturated rings. The molecule has 0 saturated carbocycles. The van der Waals surface area contributed by atoms with Crippen LogP contribution in [0.2, 0.25) is 0 Å². The zero-order chi connectivity index (χ0) is 12.8. The van der Waals surface area contributed by atoms with Crippen molar-refractivity contribution >= 4 is 27.3 Å². The summed E-state index contributed by atoms with van der Waals surface area (Å²) >= 11 is 5.37. The van der Waals surface area contributed by atoms with Crippen LogP contribution in [0.1, 0.15) is 35.0 Å². The molecule has 2 unspecified atom stereocenters. The van der Waals surface area contributed by atoms with Crippen LogP contribution in [-0.4, -0.2) is 15.9 Å². The maximum Gasteiger partial charge on any atom is 0.159 e. The summed E-state index contributed by atoms with van der Waals surface area (Å²) in [6, 6.07) is 12.1. The van der Waals surface area contributed by atoms with E-state index in [1.807, 2.05) is 11.3 Å². The Labute approximate surface area is 125 Å². The molecule has 0 spiro atoms. The highest BCUT2D eigenvalue weighted by atomic mass is 79.9. The van der Waals surface area contributed by atoms with Crippen molar-refractivity contribution in [2.24, 2.45) is 0 Å². The lowest BCUT2D eigenvalue weighted by atomic mass is 10.0. The third kappa shape index (κ3) is 2.06. The molecule has 2 aliphatic rings. The standard InChI is InChI=1S/C15H15BrN2S/c16-15-17-12-8-11-6-7-13(14(12)19-15)18(11)9-10-4-2-1-3-5-10/h1-5,11,13H,6-9H2. The van der Waals surface area contributed by atoms with Crippen LogP contribution in [0.5, 0.6) is 0 Å². The van der Waals surface area contributed by atoms with Gasteiger partial charge in [0.15, 0.2) is 3.92 Å². The third-order valence-electron chi connectivity index (χ3n) is 4.28. The van der Waals surface area contributed by atoms with Gasteiger partial charge in [-0.25, -0.2) is 4.98 Å². The van der Waals surface area contributed by atoms with E-state index in [4.69, 9.17) is 0 Å². The van der Waals surface area contributed by atoms with Crippen molar-refractivity contribution < 1.29 is 0 Å². The maximum atomic E-state index is 4.64. The van der Waals surface area contributed by atoms with E-state index in [0.717, 1.165) is 16.9 Å². The summed E-state index contributed by atoms with van der Waals surface area (Å²) in [6.07, 6.45) is 3.73. The fourth-order valence-electron chi connectivity index (χ4n) is 3.43. The van der Waals surface area contributed by atoms with E-state index >= 15 is 0 Å². The van der Waals surface area contributed by atoms with Crippen molar-refractivity contribution in [3.8, 4) is 0 Å². The molecule has 19 heavy (non-hydrogen) atoms. The van der Waals surface area contributed by atoms with Crippen LogP contribution in [-0.2, 0) is 13.0 Å². The minimum absolute atomic E-state index is 0.595. The van der Waals surface area contributed by atoms with E-state index in [-0.39, 0.29) is 0 Å². The molecule has 3 heterocycles. The first-order chi connectivity index (χ1) is 9.31. The molecule has 0 aliphatic carbocycles. The smallest absolute Gasteiger partial charge is 0.159 e. The fourth-order valence-corrected chi connectivity index (χ4v) is 5.14. The van der Waals surface area contributed by atoms with E-state index in [9.17, 15) is 0 Å². The molecule has 0 N–H and O–H groups in total. The van der Waals surface area contributed by atoms with Crippen LogP contribution < -0.4 is 0 Å². The number of halogens is 1. The summed E-state index contributed by atoms with van der Waals surface area (Å²) in [6.45, 7) is 1.07. The molecule has 2 aliphatic heterocycles. The van der Waals surface area contributed by atoms with Crippen molar-refractivity contribution in [3.05, 3.63) is 50.4 Å². The summed E-state index contributed by atoms with van der Waals surface area (Å²) in [5, 5.41) is 0. The molecule has 4 heteroatoms. The summed E-state index contributed by atoms with van der Waals surface area (Å²) in [5.41, 5.74) is 2.76. The number of thiazole rings is 1. The van der Waals surface area contributed by atoms with Crippen molar-refractivity contribution in [1.29, 1.82) is 0 Å². The van der Waals surface area contributed by atoms with Crippen LogP contribution in [0, 0.1) is 0 Å². The van der Waals surface area contributed by atoms with Crippen LogP contribution in [0.4, 0.5) is 0 Å². The molecule has 2 aromatic rings. The van der Waals surface area contributed by atoms with Crippen molar-refractivity contribution in [2.45, 2.75) is 37.9 Å². The van der Waals surface area contributed by atoms with Crippen LogP contribution in [0.15, 0.2) is 34.2 Å². The quantitative estimate of drug-likeness (QED) is 0.819. The molecule has 0 radical (unpaired) electrons. The Balaban J connectivity index is 1.65. The van der Waals surface area contributed by atoms with Crippen molar-refractivity contribution in [2.75, 3.05) is 0 Å². The first kappa shape index (κ1) is 12.1. The maximum absolute atomic E-state index is 4.64. The van der Waals surface area contributed by atoms with Gasteiger partial charge in [-0.3, -0.25) is 4.90 Å². The third-order valence-corrected chi connectivity index (χ3v) is 5.93. The second-order valence-corrected chi connectivity index (χ2v) is 7.69. The van der Waals surface area contributed by atoms with Gasteiger partial charge in [-0.2, -0.15) is 0 Å². The normalized spacial score (nSPS) is 25.5. The molecule has 98 valence electrons. The van der Waals surface area contributed by atoms with Gasteiger partial charge in [0, 0.05) is 29.9 Å². The van der Waals surface area contributed by atoms with Gasteiger partial charge >= 0.3 is 0 Å². The van der Waals surface area contributed by atoms with E-state index in [1.165, 1.54) is 29.0 Å². The van der Waals surface area contributed by atoms with Crippen LogP contribution in [0.25, 0.3) is 0 Å². The average molecular weight is 335 g/mol. The summed E-state index contributed by atoms with van der Waals surface area (Å²) in [4.78, 5) is 8.82. The van der Waals surface area contributed by atoms with E-state index in [2.05, 4.69) is 56.1 Å². The molecule has 1 aromatic carbocycles. The molecular weight excluding hydrogens is 320 g/mol. The number of aromatic nitrogens is 1. The predicted octanol–water partition coefficient (Wildman–Crippen LogP) is 4.17. The predicted molar refractivity (Wildman–Crippen MR) is 81.3 cm³/mol. The van der Waals surface area contributed by atoms with Gasteiger partial charge in [0.1, 0.15) is 0 Å².